The van der Waals surface area contributed by atoms with Crippen LogP contribution in [0.3, 0.4) is 0 Å². The zero-order valence-corrected chi connectivity index (χ0v) is 11.8. The van der Waals surface area contributed by atoms with E-state index in [-0.39, 0.29) is 0 Å². The molecule has 1 fully saturated rings. The third-order valence-electron chi connectivity index (χ3n) is 3.71. The first-order valence-corrected chi connectivity index (χ1v) is 7.33. The van der Waals surface area contributed by atoms with E-state index in [0.717, 1.165) is 51.6 Å². The van der Waals surface area contributed by atoms with Crippen LogP contribution in [0.4, 0.5) is 0 Å². The van der Waals surface area contributed by atoms with Crippen molar-refractivity contribution >= 4 is 10.8 Å². The minimum absolute atomic E-state index is 0.734. The van der Waals surface area contributed by atoms with Gasteiger partial charge in [-0.25, -0.2) is 0 Å². The summed E-state index contributed by atoms with van der Waals surface area (Å²) in [5.74, 6) is 0.953. The maximum atomic E-state index is 5.88. The van der Waals surface area contributed by atoms with Gasteiger partial charge in [0.15, 0.2) is 0 Å². The highest BCUT2D eigenvalue weighted by molar-refractivity contribution is 5.83. The summed E-state index contributed by atoms with van der Waals surface area (Å²) in [5, 5.41) is 2.48. The van der Waals surface area contributed by atoms with Gasteiger partial charge in [0.2, 0.25) is 0 Å². The van der Waals surface area contributed by atoms with Gasteiger partial charge in [-0.1, -0.05) is 30.3 Å². The van der Waals surface area contributed by atoms with Gasteiger partial charge in [-0.3, -0.25) is 4.90 Å². The molecule has 2 aromatic carbocycles. The van der Waals surface area contributed by atoms with Crippen molar-refractivity contribution in [1.82, 2.24) is 4.90 Å². The Hall–Kier alpha value is -1.58. The van der Waals surface area contributed by atoms with Gasteiger partial charge in [-0.2, -0.15) is 0 Å². The lowest BCUT2D eigenvalue weighted by atomic mass is 10.1. The predicted octanol–water partition coefficient (Wildman–Crippen LogP) is 2.94. The third kappa shape index (κ3) is 3.50. The number of ether oxygens (including phenoxy) is 2. The maximum Gasteiger partial charge on any atom is 0.120 e. The van der Waals surface area contributed by atoms with Gasteiger partial charge in [-0.05, 0) is 29.3 Å². The molecule has 1 aliphatic heterocycles. The Morgan fingerprint density at radius 3 is 2.85 bits per heavy atom. The second-order valence-electron chi connectivity index (χ2n) is 5.16. The number of benzene rings is 2. The molecule has 0 bridgehead atoms. The Morgan fingerprint density at radius 1 is 1.00 bits per heavy atom. The molecule has 0 radical (unpaired) electrons. The first kappa shape index (κ1) is 13.4. The first-order valence-electron chi connectivity index (χ1n) is 7.33. The van der Waals surface area contributed by atoms with E-state index in [0.29, 0.717) is 0 Å². The molecule has 106 valence electrons. The van der Waals surface area contributed by atoms with Crippen molar-refractivity contribution in [2.24, 2.45) is 0 Å². The minimum atomic E-state index is 0.734. The normalized spacial score (nSPS) is 17.0. The molecule has 2 aromatic rings. The zero-order chi connectivity index (χ0) is 13.6. The van der Waals surface area contributed by atoms with Gasteiger partial charge in [0.1, 0.15) is 12.4 Å². The van der Waals surface area contributed by atoms with E-state index in [1.54, 1.807) is 0 Å². The summed E-state index contributed by atoms with van der Waals surface area (Å²) >= 11 is 0. The Kier molecular flexibility index (Phi) is 4.51. The van der Waals surface area contributed by atoms with Gasteiger partial charge in [0.05, 0.1) is 6.61 Å². The lowest BCUT2D eigenvalue weighted by Crippen LogP contribution is -2.30. The Morgan fingerprint density at radius 2 is 1.90 bits per heavy atom. The minimum Gasteiger partial charge on any atom is -0.492 e. The lowest BCUT2D eigenvalue weighted by molar-refractivity contribution is 0.137. The van der Waals surface area contributed by atoms with Crippen LogP contribution in [-0.2, 0) is 4.74 Å². The maximum absolute atomic E-state index is 5.88. The van der Waals surface area contributed by atoms with Gasteiger partial charge in [0.25, 0.3) is 0 Å². The van der Waals surface area contributed by atoms with Crippen LogP contribution in [0.1, 0.15) is 6.42 Å². The average molecular weight is 271 g/mol. The van der Waals surface area contributed by atoms with Gasteiger partial charge in [0, 0.05) is 26.2 Å². The molecule has 3 rings (SSSR count). The summed E-state index contributed by atoms with van der Waals surface area (Å²) in [6.45, 7) is 5.56. The molecule has 0 saturated carbocycles. The highest BCUT2D eigenvalue weighted by atomic mass is 16.5. The Balaban J connectivity index is 1.54. The molecule has 20 heavy (non-hydrogen) atoms. The molecule has 0 atom stereocenters. The van der Waals surface area contributed by atoms with Crippen LogP contribution in [0.5, 0.6) is 5.75 Å². The molecule has 0 unspecified atom stereocenters. The van der Waals surface area contributed by atoms with Crippen molar-refractivity contribution in [1.29, 1.82) is 0 Å². The molecule has 0 amide bonds. The highest BCUT2D eigenvalue weighted by Gasteiger charge is 2.08. The molecule has 0 aliphatic carbocycles. The van der Waals surface area contributed by atoms with Crippen LogP contribution in [-0.4, -0.2) is 44.4 Å². The third-order valence-corrected chi connectivity index (χ3v) is 3.71. The molecular formula is C17H21NO2. The molecule has 1 aliphatic rings. The zero-order valence-electron chi connectivity index (χ0n) is 11.8. The summed E-state index contributed by atoms with van der Waals surface area (Å²) in [7, 11) is 0. The molecule has 1 heterocycles. The topological polar surface area (TPSA) is 21.7 Å². The second-order valence-corrected chi connectivity index (χ2v) is 5.16. The molecule has 1 saturated heterocycles. The fourth-order valence-electron chi connectivity index (χ4n) is 2.57. The number of hydrogen-bond donors (Lipinski definition) is 0. The van der Waals surface area contributed by atoms with E-state index in [2.05, 4.69) is 41.3 Å². The number of fused-ring (bicyclic) bond motifs is 1. The summed E-state index contributed by atoms with van der Waals surface area (Å²) in [4.78, 5) is 2.41. The first-order chi connectivity index (χ1) is 9.92. The van der Waals surface area contributed by atoms with Crippen LogP contribution in [0.2, 0.25) is 0 Å². The summed E-state index contributed by atoms with van der Waals surface area (Å²) in [6.07, 6.45) is 1.12. The molecule has 0 aromatic heterocycles. The number of hydrogen-bond acceptors (Lipinski definition) is 3. The quantitative estimate of drug-likeness (QED) is 0.853. The fraction of sp³-hybridized carbons (Fsp3) is 0.412. The number of nitrogens with zero attached hydrogens (tertiary/aromatic N) is 1. The molecule has 0 spiro atoms. The fourth-order valence-corrected chi connectivity index (χ4v) is 2.57. The molecule has 0 N–H and O–H groups in total. The molecular weight excluding hydrogens is 250 g/mol. The van der Waals surface area contributed by atoms with E-state index < -0.39 is 0 Å². The van der Waals surface area contributed by atoms with E-state index in [9.17, 15) is 0 Å². The van der Waals surface area contributed by atoms with Crippen LogP contribution in [0, 0.1) is 0 Å². The SMILES string of the molecule is c1ccc2cc(OCCN3CCCOCC3)ccc2c1. The summed E-state index contributed by atoms with van der Waals surface area (Å²) in [5.41, 5.74) is 0. The van der Waals surface area contributed by atoms with E-state index in [1.165, 1.54) is 10.8 Å². The largest absolute Gasteiger partial charge is 0.492 e. The Labute approximate surface area is 120 Å². The van der Waals surface area contributed by atoms with Gasteiger partial charge < -0.3 is 9.47 Å². The van der Waals surface area contributed by atoms with Crippen molar-refractivity contribution in [2.45, 2.75) is 6.42 Å². The molecule has 3 nitrogen and oxygen atoms in total. The van der Waals surface area contributed by atoms with Gasteiger partial charge >= 0.3 is 0 Å². The second kappa shape index (κ2) is 6.73. The van der Waals surface area contributed by atoms with E-state index in [4.69, 9.17) is 9.47 Å². The van der Waals surface area contributed by atoms with Crippen molar-refractivity contribution in [3.63, 3.8) is 0 Å². The van der Waals surface area contributed by atoms with Crippen LogP contribution < -0.4 is 4.74 Å². The highest BCUT2D eigenvalue weighted by Crippen LogP contribution is 2.20. The van der Waals surface area contributed by atoms with E-state index in [1.807, 2.05) is 6.07 Å². The van der Waals surface area contributed by atoms with Crippen LogP contribution >= 0.6 is 0 Å². The monoisotopic (exact) mass is 271 g/mol. The van der Waals surface area contributed by atoms with Crippen molar-refractivity contribution < 1.29 is 9.47 Å². The average Bonchev–Trinajstić information content (AvgIpc) is 2.76. The van der Waals surface area contributed by atoms with Crippen LogP contribution in [0.25, 0.3) is 10.8 Å². The van der Waals surface area contributed by atoms with Crippen molar-refractivity contribution in [2.75, 3.05) is 39.5 Å². The van der Waals surface area contributed by atoms with Crippen molar-refractivity contribution in [3.8, 4) is 5.75 Å². The van der Waals surface area contributed by atoms with Gasteiger partial charge in [-0.15, -0.1) is 0 Å². The van der Waals surface area contributed by atoms with Crippen molar-refractivity contribution in [3.05, 3.63) is 42.5 Å². The Bertz CT molecular complexity index is 547. The summed E-state index contributed by atoms with van der Waals surface area (Å²) < 4.78 is 11.3. The smallest absolute Gasteiger partial charge is 0.120 e. The van der Waals surface area contributed by atoms with E-state index >= 15 is 0 Å². The molecule has 3 heteroatoms. The number of rotatable bonds is 4. The van der Waals surface area contributed by atoms with Crippen LogP contribution in [0.15, 0.2) is 42.5 Å². The summed E-state index contributed by atoms with van der Waals surface area (Å²) in [6, 6.07) is 14.6. The lowest BCUT2D eigenvalue weighted by Gasteiger charge is -2.19. The standard InChI is InChI=1S/C17H21NO2/c1-2-5-16-14-17(7-6-15(16)4-1)20-13-10-18-8-3-11-19-12-9-18/h1-2,4-7,14H,3,8-13H2. The predicted molar refractivity (Wildman–Crippen MR) is 81.3 cm³/mol.